The Morgan fingerprint density at radius 1 is 1.43 bits per heavy atom. The second kappa shape index (κ2) is 4.14. The van der Waals surface area contributed by atoms with E-state index in [1.165, 1.54) is 0 Å². The summed E-state index contributed by atoms with van der Waals surface area (Å²) >= 11 is 0. The highest BCUT2D eigenvalue weighted by atomic mass is 16.5. The minimum Gasteiger partial charge on any atom is -0.465 e. The van der Waals surface area contributed by atoms with E-state index in [0.29, 0.717) is 13.2 Å². The minimum absolute atomic E-state index is 0.0670. The highest BCUT2D eigenvalue weighted by Gasteiger charge is 2.34. The average molecular weight is 200 g/mol. The highest BCUT2D eigenvalue weighted by Crippen LogP contribution is 2.19. The molecule has 1 amide bonds. The summed E-state index contributed by atoms with van der Waals surface area (Å²) in [6.45, 7) is 2.95. The van der Waals surface area contributed by atoms with Gasteiger partial charge in [0.25, 0.3) is 0 Å². The third-order valence-electron chi connectivity index (χ3n) is 2.95. The molecule has 0 aromatic carbocycles. The second-order valence-corrected chi connectivity index (χ2v) is 3.85. The van der Waals surface area contributed by atoms with Crippen molar-refractivity contribution in [3.8, 4) is 0 Å². The monoisotopic (exact) mass is 200 g/mol. The minimum atomic E-state index is -0.811. The normalized spacial score (nSPS) is 32.0. The van der Waals surface area contributed by atoms with Crippen molar-refractivity contribution in [1.29, 1.82) is 0 Å². The quantitative estimate of drug-likeness (QED) is 0.664. The van der Waals surface area contributed by atoms with E-state index >= 15 is 0 Å². The number of rotatable bonds is 2. The predicted octanol–water partition coefficient (Wildman–Crippen LogP) is 0.117. The lowest BCUT2D eigenvalue weighted by Gasteiger charge is -2.30. The maximum Gasteiger partial charge on any atom is 0.407 e. The molecule has 0 radical (unpaired) electrons. The molecule has 0 saturated carbocycles. The molecule has 2 aliphatic rings. The lowest BCUT2D eigenvalue weighted by Crippen LogP contribution is -2.47. The van der Waals surface area contributed by atoms with Crippen molar-refractivity contribution < 1.29 is 14.6 Å². The van der Waals surface area contributed by atoms with Gasteiger partial charge in [-0.15, -0.1) is 0 Å². The topological polar surface area (TPSA) is 61.8 Å². The summed E-state index contributed by atoms with van der Waals surface area (Å²) in [5.74, 6) is 0. The maximum atomic E-state index is 11.1. The van der Waals surface area contributed by atoms with Crippen molar-refractivity contribution in [2.24, 2.45) is 0 Å². The van der Waals surface area contributed by atoms with E-state index in [2.05, 4.69) is 5.32 Å². The van der Waals surface area contributed by atoms with Gasteiger partial charge >= 0.3 is 6.09 Å². The van der Waals surface area contributed by atoms with Gasteiger partial charge in [0.05, 0.1) is 12.6 Å². The summed E-state index contributed by atoms with van der Waals surface area (Å²) < 4.78 is 5.22. The van der Waals surface area contributed by atoms with E-state index in [9.17, 15) is 4.79 Å². The van der Waals surface area contributed by atoms with Crippen LogP contribution in [0.5, 0.6) is 0 Å². The summed E-state index contributed by atoms with van der Waals surface area (Å²) in [7, 11) is 0. The standard InChI is InChI=1S/C9H16N2O3/c12-9(13)11(7-1-3-10-5-7)8-2-4-14-6-8/h7-8,10H,1-6H2,(H,12,13). The first-order valence-electron chi connectivity index (χ1n) is 5.09. The Hall–Kier alpha value is -0.810. The van der Waals surface area contributed by atoms with Gasteiger partial charge in [0.15, 0.2) is 0 Å². The van der Waals surface area contributed by atoms with Gasteiger partial charge in [0.1, 0.15) is 0 Å². The molecule has 2 heterocycles. The van der Waals surface area contributed by atoms with Crippen LogP contribution in [-0.4, -0.2) is 54.5 Å². The number of carboxylic acid groups (broad SMARTS) is 1. The average Bonchev–Trinajstić information content (AvgIpc) is 2.75. The number of hydrogen-bond donors (Lipinski definition) is 2. The van der Waals surface area contributed by atoms with Gasteiger partial charge in [-0.2, -0.15) is 0 Å². The van der Waals surface area contributed by atoms with Crippen molar-refractivity contribution in [1.82, 2.24) is 10.2 Å². The van der Waals surface area contributed by atoms with Gasteiger partial charge in [-0.05, 0) is 19.4 Å². The van der Waals surface area contributed by atoms with Crippen LogP contribution in [0.4, 0.5) is 4.79 Å². The summed E-state index contributed by atoms with van der Waals surface area (Å²) in [6.07, 6.45) is 0.945. The zero-order chi connectivity index (χ0) is 9.97. The molecule has 2 fully saturated rings. The van der Waals surface area contributed by atoms with E-state index in [-0.39, 0.29) is 12.1 Å². The van der Waals surface area contributed by atoms with Crippen molar-refractivity contribution >= 4 is 6.09 Å². The van der Waals surface area contributed by atoms with Crippen LogP contribution in [0.2, 0.25) is 0 Å². The Bertz CT molecular complexity index is 194. The van der Waals surface area contributed by atoms with Crippen LogP contribution in [0.1, 0.15) is 12.8 Å². The first-order valence-corrected chi connectivity index (χ1v) is 5.09. The molecule has 2 unspecified atom stereocenters. The molecule has 0 spiro atoms. The fraction of sp³-hybridized carbons (Fsp3) is 0.889. The van der Waals surface area contributed by atoms with Crippen molar-refractivity contribution in [3.63, 3.8) is 0 Å². The molecule has 0 aromatic heterocycles. The van der Waals surface area contributed by atoms with Gasteiger partial charge < -0.3 is 15.2 Å². The fourth-order valence-electron chi connectivity index (χ4n) is 2.23. The third kappa shape index (κ3) is 1.83. The first kappa shape index (κ1) is 9.73. The van der Waals surface area contributed by atoms with Gasteiger partial charge in [-0.1, -0.05) is 0 Å². The second-order valence-electron chi connectivity index (χ2n) is 3.85. The Morgan fingerprint density at radius 2 is 2.29 bits per heavy atom. The molecule has 5 heteroatoms. The Kier molecular flexibility index (Phi) is 2.88. The van der Waals surface area contributed by atoms with Crippen LogP contribution in [0.15, 0.2) is 0 Å². The summed E-state index contributed by atoms with van der Waals surface area (Å²) in [5, 5.41) is 12.3. The van der Waals surface area contributed by atoms with Crippen LogP contribution in [0.25, 0.3) is 0 Å². The molecule has 14 heavy (non-hydrogen) atoms. The van der Waals surface area contributed by atoms with Gasteiger partial charge in [0.2, 0.25) is 0 Å². The molecule has 2 rings (SSSR count). The van der Waals surface area contributed by atoms with Crippen LogP contribution in [0.3, 0.4) is 0 Å². The molecule has 80 valence electrons. The van der Waals surface area contributed by atoms with E-state index in [1.807, 2.05) is 0 Å². The molecule has 2 atom stereocenters. The number of carbonyl (C=O) groups is 1. The van der Waals surface area contributed by atoms with Gasteiger partial charge in [0, 0.05) is 19.2 Å². The van der Waals surface area contributed by atoms with E-state index in [0.717, 1.165) is 25.9 Å². The third-order valence-corrected chi connectivity index (χ3v) is 2.95. The first-order chi connectivity index (χ1) is 6.79. The van der Waals surface area contributed by atoms with Crippen molar-refractivity contribution in [2.45, 2.75) is 24.9 Å². The Labute approximate surface area is 83.0 Å². The van der Waals surface area contributed by atoms with E-state index in [4.69, 9.17) is 9.84 Å². The zero-order valence-electron chi connectivity index (χ0n) is 8.11. The molecule has 0 aliphatic carbocycles. The number of hydrogen-bond acceptors (Lipinski definition) is 3. The van der Waals surface area contributed by atoms with Crippen molar-refractivity contribution in [3.05, 3.63) is 0 Å². The zero-order valence-corrected chi connectivity index (χ0v) is 8.11. The SMILES string of the molecule is O=C(O)N(C1CCNC1)C1CCOC1. The van der Waals surface area contributed by atoms with Gasteiger partial charge in [-0.25, -0.2) is 4.79 Å². The Morgan fingerprint density at radius 3 is 2.79 bits per heavy atom. The molecule has 2 aliphatic heterocycles. The predicted molar refractivity (Wildman–Crippen MR) is 50.4 cm³/mol. The van der Waals surface area contributed by atoms with Crippen LogP contribution < -0.4 is 5.32 Å². The fourth-order valence-corrected chi connectivity index (χ4v) is 2.23. The lowest BCUT2D eigenvalue weighted by molar-refractivity contribution is 0.0924. The lowest BCUT2D eigenvalue weighted by atomic mass is 10.1. The van der Waals surface area contributed by atoms with E-state index in [1.54, 1.807) is 4.90 Å². The molecular weight excluding hydrogens is 184 g/mol. The largest absolute Gasteiger partial charge is 0.465 e. The summed E-state index contributed by atoms with van der Waals surface area (Å²) in [5.41, 5.74) is 0. The highest BCUT2D eigenvalue weighted by molar-refractivity contribution is 5.66. The summed E-state index contributed by atoms with van der Waals surface area (Å²) in [4.78, 5) is 12.7. The Balaban J connectivity index is 2.02. The van der Waals surface area contributed by atoms with Crippen molar-refractivity contribution in [2.75, 3.05) is 26.3 Å². The molecule has 0 bridgehead atoms. The molecule has 2 saturated heterocycles. The van der Waals surface area contributed by atoms with Gasteiger partial charge in [-0.3, -0.25) is 4.90 Å². The molecule has 5 nitrogen and oxygen atoms in total. The maximum absolute atomic E-state index is 11.1. The number of amides is 1. The van der Waals surface area contributed by atoms with Crippen LogP contribution in [-0.2, 0) is 4.74 Å². The van der Waals surface area contributed by atoms with Crippen LogP contribution >= 0.6 is 0 Å². The molecular formula is C9H16N2O3. The smallest absolute Gasteiger partial charge is 0.407 e. The molecule has 0 aromatic rings. The summed E-state index contributed by atoms with van der Waals surface area (Å²) in [6, 6.07) is 0.205. The van der Waals surface area contributed by atoms with Crippen LogP contribution in [0, 0.1) is 0 Å². The number of nitrogens with one attached hydrogen (secondary N) is 1. The van der Waals surface area contributed by atoms with E-state index < -0.39 is 6.09 Å². The number of ether oxygens (including phenoxy) is 1. The number of nitrogens with zero attached hydrogens (tertiary/aromatic N) is 1. The molecule has 2 N–H and O–H groups in total.